The van der Waals surface area contributed by atoms with Crippen LogP contribution in [0.5, 0.6) is 0 Å². The third kappa shape index (κ3) is 48.2. The first-order valence-electron chi connectivity index (χ1n) is 17.3. The van der Waals surface area contributed by atoms with Crippen molar-refractivity contribution in [3.05, 3.63) is 12.2 Å². The van der Waals surface area contributed by atoms with Crippen molar-refractivity contribution in [2.75, 3.05) is 26.4 Å². The van der Waals surface area contributed by atoms with Gasteiger partial charge < -0.3 is 4.74 Å². The van der Waals surface area contributed by atoms with Crippen molar-refractivity contribution in [3.63, 3.8) is 0 Å². The van der Waals surface area contributed by atoms with Gasteiger partial charge in [0.15, 0.2) is 0 Å². The van der Waals surface area contributed by atoms with Gasteiger partial charge in [0.1, 0.15) is 0 Å². The molecule has 0 aliphatic heterocycles. The van der Waals surface area contributed by atoms with Gasteiger partial charge in [0.2, 0.25) is 0 Å². The van der Waals surface area contributed by atoms with Crippen molar-refractivity contribution in [1.82, 2.24) is 0 Å². The van der Waals surface area contributed by atoms with E-state index in [9.17, 15) is 8.42 Å². The van der Waals surface area contributed by atoms with Gasteiger partial charge in [-0.25, -0.2) is 8.37 Å². The predicted octanol–water partition coefficient (Wildman–Crippen LogP) is 9.70. The minimum atomic E-state index is -3.82. The summed E-state index contributed by atoms with van der Waals surface area (Å²) in [6, 6.07) is 0. The molecule has 0 bridgehead atoms. The summed E-state index contributed by atoms with van der Waals surface area (Å²) in [6.07, 6.45) is 34.2. The molecule has 0 unspecified atom stereocenters. The zero-order valence-corrected chi connectivity index (χ0v) is 28.2. The Morgan fingerprint density at radius 3 is 1.02 bits per heavy atom. The third-order valence-corrected chi connectivity index (χ3v) is 7.93. The molecule has 248 valence electrons. The van der Waals surface area contributed by atoms with Crippen LogP contribution in [-0.2, 0) is 23.5 Å². The van der Waals surface area contributed by atoms with Crippen LogP contribution in [0.3, 0.4) is 0 Å². The summed E-state index contributed by atoms with van der Waals surface area (Å²) in [5, 5.41) is 0. The molecule has 0 aromatic heterocycles. The van der Waals surface area contributed by atoms with Crippen LogP contribution in [0.1, 0.15) is 182 Å². The Morgan fingerprint density at radius 1 is 0.452 bits per heavy atom. The fourth-order valence-corrected chi connectivity index (χ4v) is 5.21. The van der Waals surface area contributed by atoms with E-state index in [-0.39, 0.29) is 65.8 Å². The van der Waals surface area contributed by atoms with Crippen LogP contribution in [-0.4, -0.2) is 87.5 Å². The molecule has 0 aliphatic carbocycles. The van der Waals surface area contributed by atoms with E-state index in [4.69, 9.17) is 13.1 Å². The molecule has 0 aromatic carbocycles. The third-order valence-electron chi connectivity index (χ3n) is 7.02. The second kappa shape index (κ2) is 44.5. The first-order chi connectivity index (χ1) is 19.5. The summed E-state index contributed by atoms with van der Waals surface area (Å²) in [7, 11) is -3.82. The molecule has 0 amide bonds. The molecular formula is C34H73MgNaO5S. The van der Waals surface area contributed by atoms with Crippen LogP contribution in [0.25, 0.3) is 0 Å². The van der Waals surface area contributed by atoms with Crippen LogP contribution >= 0.6 is 0 Å². The molecule has 0 spiro atoms. The van der Waals surface area contributed by atoms with Crippen molar-refractivity contribution in [1.29, 1.82) is 0 Å². The Morgan fingerprint density at radius 2 is 0.738 bits per heavy atom. The Labute approximate surface area is 302 Å². The SMILES string of the molecule is CCCCCCCC/C=C\CCCCCCCCOS(=O)(=O)OCCCCCCCCCCCC.CCOCC.[MgH2].[NaH]. The quantitative estimate of drug-likeness (QED) is 0.0429. The van der Waals surface area contributed by atoms with E-state index in [1.165, 1.54) is 116 Å². The molecule has 0 radical (unpaired) electrons. The molecule has 0 atom stereocenters. The van der Waals surface area contributed by atoms with E-state index in [0.29, 0.717) is 0 Å². The van der Waals surface area contributed by atoms with E-state index in [1.807, 2.05) is 13.8 Å². The molecule has 0 aliphatic rings. The number of unbranched alkanes of at least 4 members (excludes halogenated alkanes) is 21. The van der Waals surface area contributed by atoms with Gasteiger partial charge >= 0.3 is 63.0 Å². The first kappa shape index (κ1) is 50.2. The predicted molar refractivity (Wildman–Crippen MR) is 190 cm³/mol. The molecular weight excluding hydrogens is 568 g/mol. The van der Waals surface area contributed by atoms with Crippen molar-refractivity contribution >= 4 is 63.0 Å². The molecule has 0 saturated carbocycles. The molecule has 0 rings (SSSR count). The molecule has 0 heterocycles. The number of ether oxygens (including phenoxy) is 1. The summed E-state index contributed by atoms with van der Waals surface area (Å²) in [5.74, 6) is 0. The van der Waals surface area contributed by atoms with Gasteiger partial charge in [0.05, 0.1) is 13.2 Å². The Hall–Kier alpha value is 1.34. The standard InChI is InChI=1S/C30H60O4S.C4H10O.Mg.Na.3H/c1-3-5-7-9-11-13-15-16-17-18-19-20-22-24-26-28-30-34-35(31,32)33-29-27-25-23-21-14-12-10-8-6-4-2;1-3-5-4-2;;;;;/h16-17H,3-15,18-30H2,1-2H3;3-4H2,1-2H3;;;;;/b17-16-;;;;;;. The van der Waals surface area contributed by atoms with Gasteiger partial charge in [-0.05, 0) is 52.4 Å². The fraction of sp³-hybridized carbons (Fsp3) is 0.941. The monoisotopic (exact) mass is 640 g/mol. The minimum absolute atomic E-state index is 0. The van der Waals surface area contributed by atoms with Crippen LogP contribution in [0, 0.1) is 0 Å². The Kier molecular flexibility index (Phi) is 53.1. The Balaban J connectivity index is -0.000000943. The van der Waals surface area contributed by atoms with Crippen molar-refractivity contribution in [3.8, 4) is 0 Å². The van der Waals surface area contributed by atoms with E-state index in [1.54, 1.807) is 0 Å². The molecule has 8 heteroatoms. The van der Waals surface area contributed by atoms with Crippen LogP contribution in [0.15, 0.2) is 12.2 Å². The zero-order chi connectivity index (χ0) is 29.8. The number of hydrogen-bond donors (Lipinski definition) is 0. The van der Waals surface area contributed by atoms with Gasteiger partial charge in [-0.1, -0.05) is 142 Å². The van der Waals surface area contributed by atoms with E-state index in [2.05, 4.69) is 26.0 Å². The van der Waals surface area contributed by atoms with Gasteiger partial charge in [-0.3, -0.25) is 0 Å². The average molecular weight is 641 g/mol. The zero-order valence-electron chi connectivity index (χ0n) is 27.4. The normalized spacial score (nSPS) is 11.1. The molecule has 42 heavy (non-hydrogen) atoms. The van der Waals surface area contributed by atoms with Crippen LogP contribution in [0.2, 0.25) is 0 Å². The van der Waals surface area contributed by atoms with Crippen molar-refractivity contribution in [2.24, 2.45) is 0 Å². The van der Waals surface area contributed by atoms with Crippen molar-refractivity contribution < 1.29 is 21.5 Å². The summed E-state index contributed by atoms with van der Waals surface area (Å²) in [4.78, 5) is 0. The fourth-order valence-electron chi connectivity index (χ4n) is 4.50. The average Bonchev–Trinajstić information content (AvgIpc) is 2.94. The van der Waals surface area contributed by atoms with Gasteiger partial charge in [-0.15, -0.1) is 0 Å². The summed E-state index contributed by atoms with van der Waals surface area (Å²) < 4.78 is 38.4. The molecule has 0 saturated heterocycles. The first-order valence-corrected chi connectivity index (χ1v) is 18.6. The van der Waals surface area contributed by atoms with Crippen LogP contribution in [0.4, 0.5) is 0 Å². The Bertz CT molecular complexity index is 588. The maximum absolute atomic E-state index is 11.8. The van der Waals surface area contributed by atoms with E-state index >= 15 is 0 Å². The summed E-state index contributed by atoms with van der Waals surface area (Å²) in [5.41, 5.74) is 0. The number of hydrogen-bond acceptors (Lipinski definition) is 5. The molecule has 0 aromatic rings. The molecule has 0 fully saturated rings. The van der Waals surface area contributed by atoms with Crippen molar-refractivity contribution in [2.45, 2.75) is 182 Å². The topological polar surface area (TPSA) is 61.8 Å². The number of rotatable bonds is 31. The summed E-state index contributed by atoms with van der Waals surface area (Å²) >= 11 is 0. The number of allylic oxidation sites excluding steroid dienone is 2. The van der Waals surface area contributed by atoms with E-state index in [0.717, 1.165) is 51.7 Å². The second-order valence-electron chi connectivity index (χ2n) is 11.0. The molecule has 5 nitrogen and oxygen atoms in total. The van der Waals surface area contributed by atoms with Crippen LogP contribution < -0.4 is 0 Å². The molecule has 0 N–H and O–H groups in total. The summed E-state index contributed by atoms with van der Waals surface area (Å²) in [6.45, 7) is 10.7. The second-order valence-corrected chi connectivity index (χ2v) is 12.2. The van der Waals surface area contributed by atoms with E-state index < -0.39 is 10.4 Å². The van der Waals surface area contributed by atoms with Gasteiger partial charge in [-0.2, -0.15) is 8.42 Å². The maximum atomic E-state index is 11.8. The van der Waals surface area contributed by atoms with Gasteiger partial charge in [0, 0.05) is 13.2 Å². The van der Waals surface area contributed by atoms with Gasteiger partial charge in [0.25, 0.3) is 0 Å².